The summed E-state index contributed by atoms with van der Waals surface area (Å²) in [5, 5.41) is 15.5. The van der Waals surface area contributed by atoms with Gasteiger partial charge in [-0.25, -0.2) is 9.37 Å². The lowest BCUT2D eigenvalue weighted by Crippen LogP contribution is -2.53. The van der Waals surface area contributed by atoms with Crippen LogP contribution in [0.15, 0.2) is 72.4 Å². The topological polar surface area (TPSA) is 117 Å². The number of hydrogen-bond donors (Lipinski definition) is 1. The molecule has 0 aliphatic carbocycles. The number of carbonyl (C=O) groups excluding carboxylic acids is 1. The van der Waals surface area contributed by atoms with Crippen LogP contribution in [0, 0.1) is 17.1 Å². The maximum Gasteiger partial charge on any atom is 0.264 e. The minimum atomic E-state index is -0.507. The number of nitriles is 1. The number of nitrogens with zero attached hydrogens (tertiary/aromatic N) is 7. The van der Waals surface area contributed by atoms with Gasteiger partial charge < -0.3 is 20.3 Å². The van der Waals surface area contributed by atoms with Crippen molar-refractivity contribution < 1.29 is 13.9 Å². The Bertz CT molecular complexity index is 1800. The highest BCUT2D eigenvalue weighted by Crippen LogP contribution is 2.35. The van der Waals surface area contributed by atoms with Gasteiger partial charge in [0, 0.05) is 56.1 Å². The van der Waals surface area contributed by atoms with Gasteiger partial charge >= 0.3 is 0 Å². The number of aromatic nitrogens is 3. The summed E-state index contributed by atoms with van der Waals surface area (Å²) in [6, 6.07) is 17.6. The second-order valence-corrected chi connectivity index (χ2v) is 12.6. The predicted octanol–water partition coefficient (Wildman–Crippen LogP) is 5.08. The van der Waals surface area contributed by atoms with Gasteiger partial charge in [0.05, 0.1) is 23.5 Å². The average molecular weight is 623 g/mol. The zero-order valence-electron chi connectivity index (χ0n) is 26.5. The van der Waals surface area contributed by atoms with E-state index in [0.717, 1.165) is 39.0 Å². The first-order valence-corrected chi connectivity index (χ1v) is 15.7. The van der Waals surface area contributed by atoms with Crippen LogP contribution < -0.4 is 10.5 Å². The number of para-hydroxylation sites is 1. The average Bonchev–Trinajstić information content (AvgIpc) is 3.66. The molecule has 0 radical (unpaired) electrons. The van der Waals surface area contributed by atoms with E-state index in [1.165, 1.54) is 6.07 Å². The van der Waals surface area contributed by atoms with Crippen molar-refractivity contribution in [2.75, 3.05) is 45.5 Å². The molecule has 4 heterocycles. The first kappa shape index (κ1) is 31.2. The zero-order valence-corrected chi connectivity index (χ0v) is 26.5. The summed E-state index contributed by atoms with van der Waals surface area (Å²) in [5.74, 6) is 0.422. The molecule has 1 amide bonds. The van der Waals surface area contributed by atoms with Crippen molar-refractivity contribution in [3.63, 3.8) is 0 Å². The normalized spacial score (nSPS) is 18.2. The van der Waals surface area contributed by atoms with E-state index >= 15 is 4.39 Å². The molecule has 2 saturated heterocycles. The summed E-state index contributed by atoms with van der Waals surface area (Å²) in [7, 11) is 2.10. The first-order valence-electron chi connectivity index (χ1n) is 15.7. The van der Waals surface area contributed by atoms with Gasteiger partial charge in [-0.2, -0.15) is 10.4 Å². The SMILES string of the molecule is CN1CCN(C(C)(C)/C=C(/C#N)C(=O)N2CCC[C@H]2Cn2nc(-c3ccc(Oc4ccccc4)cc3F)c3c(N)nccc32)CC1. The number of anilines is 1. The van der Waals surface area contributed by atoms with Gasteiger partial charge in [-0.1, -0.05) is 18.2 Å². The maximum atomic E-state index is 15.6. The van der Waals surface area contributed by atoms with Crippen LogP contribution in [0.2, 0.25) is 0 Å². The molecule has 4 aromatic rings. The van der Waals surface area contributed by atoms with Crippen LogP contribution in [0.25, 0.3) is 22.2 Å². The molecule has 238 valence electrons. The Labute approximate surface area is 268 Å². The van der Waals surface area contributed by atoms with Crippen LogP contribution in [0.3, 0.4) is 0 Å². The lowest BCUT2D eigenvalue weighted by molar-refractivity contribution is -0.127. The Morgan fingerprint density at radius 2 is 1.87 bits per heavy atom. The molecule has 2 aliphatic rings. The number of ether oxygens (including phenoxy) is 1. The third-order valence-corrected chi connectivity index (χ3v) is 9.06. The zero-order chi connectivity index (χ0) is 32.4. The van der Waals surface area contributed by atoms with Crippen molar-refractivity contribution in [1.82, 2.24) is 29.5 Å². The van der Waals surface area contributed by atoms with Crippen LogP contribution in [0.5, 0.6) is 11.5 Å². The van der Waals surface area contributed by atoms with Gasteiger partial charge in [0.1, 0.15) is 40.5 Å². The number of nitrogens with two attached hydrogens (primary N) is 1. The maximum absolute atomic E-state index is 15.6. The molecule has 10 nitrogen and oxygen atoms in total. The van der Waals surface area contributed by atoms with Gasteiger partial charge in [0.15, 0.2) is 0 Å². The highest BCUT2D eigenvalue weighted by atomic mass is 19.1. The van der Waals surface area contributed by atoms with Crippen LogP contribution >= 0.6 is 0 Å². The van der Waals surface area contributed by atoms with Crippen LogP contribution in [-0.4, -0.2) is 86.7 Å². The molecule has 6 rings (SSSR count). The summed E-state index contributed by atoms with van der Waals surface area (Å²) in [5.41, 5.74) is 7.36. The standard InChI is InChI=1S/C35H39FN8O2/c1-35(2,42-18-16-41(3)17-19-42)21-24(22-37)34(45)43-15-7-8-25(43)23-44-30-13-14-39-33(38)31(30)32(40-44)28-12-11-27(20-29(28)36)46-26-9-5-4-6-10-26/h4-6,9-14,20-21,25H,7-8,15-19,23H2,1-3H3,(H2,38,39)/b24-21-/t25-/m0/s1. The van der Waals surface area contributed by atoms with E-state index in [1.54, 1.807) is 46.1 Å². The van der Waals surface area contributed by atoms with Crippen molar-refractivity contribution in [3.8, 4) is 28.8 Å². The number of amides is 1. The molecule has 2 aliphatic heterocycles. The molecule has 46 heavy (non-hydrogen) atoms. The number of hydrogen-bond acceptors (Lipinski definition) is 8. The minimum absolute atomic E-state index is 0.148. The predicted molar refractivity (Wildman–Crippen MR) is 175 cm³/mol. The molecule has 0 saturated carbocycles. The van der Waals surface area contributed by atoms with Gasteiger partial charge in [-0.15, -0.1) is 0 Å². The van der Waals surface area contributed by atoms with E-state index in [2.05, 4.69) is 41.7 Å². The van der Waals surface area contributed by atoms with Gasteiger partial charge in [0.25, 0.3) is 5.91 Å². The van der Waals surface area contributed by atoms with Crippen LogP contribution in [0.1, 0.15) is 26.7 Å². The molecule has 2 aromatic carbocycles. The van der Waals surface area contributed by atoms with E-state index < -0.39 is 11.4 Å². The molecule has 2 fully saturated rings. The number of pyridine rings is 1. The van der Waals surface area contributed by atoms with E-state index in [4.69, 9.17) is 15.6 Å². The second kappa shape index (κ2) is 12.9. The smallest absolute Gasteiger partial charge is 0.264 e. The molecule has 0 bridgehead atoms. The molecule has 0 spiro atoms. The third kappa shape index (κ3) is 6.32. The number of nitrogen functional groups attached to an aromatic ring is 1. The fourth-order valence-corrected chi connectivity index (χ4v) is 6.47. The Morgan fingerprint density at radius 1 is 1.11 bits per heavy atom. The van der Waals surface area contributed by atoms with E-state index in [0.29, 0.717) is 41.2 Å². The first-order chi connectivity index (χ1) is 22.1. The van der Waals surface area contributed by atoms with Crippen molar-refractivity contribution in [2.45, 2.75) is 44.8 Å². The molecular weight excluding hydrogens is 583 g/mol. The number of halogens is 1. The number of benzene rings is 2. The Morgan fingerprint density at radius 3 is 2.59 bits per heavy atom. The molecule has 2 aromatic heterocycles. The number of rotatable bonds is 8. The summed E-state index contributed by atoms with van der Waals surface area (Å²) in [4.78, 5) is 24.5. The molecule has 0 unspecified atom stereocenters. The summed E-state index contributed by atoms with van der Waals surface area (Å²) >= 11 is 0. The highest BCUT2D eigenvalue weighted by molar-refractivity contribution is 6.00. The monoisotopic (exact) mass is 622 g/mol. The third-order valence-electron chi connectivity index (χ3n) is 9.06. The van der Waals surface area contributed by atoms with Crippen molar-refractivity contribution in [3.05, 3.63) is 78.3 Å². The van der Waals surface area contributed by atoms with Gasteiger partial charge in [0.2, 0.25) is 0 Å². The van der Waals surface area contributed by atoms with E-state index in [1.807, 2.05) is 24.3 Å². The molecule has 2 N–H and O–H groups in total. The van der Waals surface area contributed by atoms with Gasteiger partial charge in [-0.3, -0.25) is 14.4 Å². The highest BCUT2D eigenvalue weighted by Gasteiger charge is 2.34. The van der Waals surface area contributed by atoms with Crippen molar-refractivity contribution in [2.24, 2.45) is 0 Å². The van der Waals surface area contributed by atoms with Crippen molar-refractivity contribution in [1.29, 1.82) is 5.26 Å². The largest absolute Gasteiger partial charge is 0.457 e. The van der Waals surface area contributed by atoms with Crippen LogP contribution in [0.4, 0.5) is 10.2 Å². The molecule has 11 heteroatoms. The number of likely N-dealkylation sites (N-methyl/N-ethyl adjacent to an activating group) is 1. The number of likely N-dealkylation sites (tertiary alicyclic amines) is 1. The molecular formula is C35H39FN8O2. The van der Waals surface area contributed by atoms with E-state index in [-0.39, 0.29) is 28.9 Å². The number of carbonyl (C=O) groups is 1. The quantitative estimate of drug-likeness (QED) is 0.214. The fraction of sp³-hybridized carbons (Fsp3) is 0.371. The summed E-state index contributed by atoms with van der Waals surface area (Å²) in [6.45, 7) is 8.64. The lowest BCUT2D eigenvalue weighted by atomic mass is 9.97. The number of fused-ring (bicyclic) bond motifs is 1. The Hall–Kier alpha value is -4.79. The van der Waals surface area contributed by atoms with Crippen LogP contribution in [-0.2, 0) is 11.3 Å². The molecule has 1 atom stereocenters. The van der Waals surface area contributed by atoms with Crippen molar-refractivity contribution >= 4 is 22.6 Å². The van der Waals surface area contributed by atoms with Gasteiger partial charge in [-0.05, 0) is 70.1 Å². The summed E-state index contributed by atoms with van der Waals surface area (Å²) in [6.07, 6.45) is 4.98. The minimum Gasteiger partial charge on any atom is -0.457 e. The Balaban J connectivity index is 1.26. The Kier molecular flexibility index (Phi) is 8.75. The lowest BCUT2D eigenvalue weighted by Gasteiger charge is -2.42. The second-order valence-electron chi connectivity index (χ2n) is 12.6. The van der Waals surface area contributed by atoms with E-state index in [9.17, 15) is 10.1 Å². The number of piperazine rings is 1. The fourth-order valence-electron chi connectivity index (χ4n) is 6.47. The summed E-state index contributed by atoms with van der Waals surface area (Å²) < 4.78 is 23.2.